The van der Waals surface area contributed by atoms with Crippen LogP contribution in [-0.2, 0) is 9.59 Å². The largest absolute Gasteiger partial charge is 0.340 e. The number of non-ortho nitro benzene ring substituents is 1. The summed E-state index contributed by atoms with van der Waals surface area (Å²) in [6, 6.07) is 5.51. The van der Waals surface area contributed by atoms with E-state index in [1.165, 1.54) is 24.3 Å². The van der Waals surface area contributed by atoms with Crippen molar-refractivity contribution >= 4 is 35.0 Å². The van der Waals surface area contributed by atoms with Crippen molar-refractivity contribution in [3.05, 3.63) is 50.3 Å². The summed E-state index contributed by atoms with van der Waals surface area (Å²) < 4.78 is 0. The smallest absolute Gasteiger partial charge is 0.269 e. The Morgan fingerprint density at radius 2 is 2.00 bits per heavy atom. The first-order chi connectivity index (χ1) is 14.8. The first-order valence-electron chi connectivity index (χ1n) is 10.1. The first kappa shape index (κ1) is 20.5. The molecular formula is C20H22N6O5. The average Bonchev–Trinajstić information content (AvgIpc) is 2.73. The number of H-pyrrole nitrogens is 1. The van der Waals surface area contributed by atoms with Gasteiger partial charge in [0.15, 0.2) is 0 Å². The summed E-state index contributed by atoms with van der Waals surface area (Å²) in [5.74, 6) is -1.52. The van der Waals surface area contributed by atoms with Crippen LogP contribution in [0.25, 0.3) is 0 Å². The van der Waals surface area contributed by atoms with Crippen LogP contribution in [0.4, 0.5) is 23.1 Å². The number of hydrogen-bond donors (Lipinski definition) is 3. The molecule has 0 radical (unpaired) electrons. The van der Waals surface area contributed by atoms with Gasteiger partial charge in [0.05, 0.1) is 16.4 Å². The van der Waals surface area contributed by atoms with Crippen LogP contribution in [0.3, 0.4) is 0 Å². The lowest BCUT2D eigenvalue weighted by Gasteiger charge is -2.34. The number of nitro benzene ring substituents is 1. The highest BCUT2D eigenvalue weighted by atomic mass is 16.6. The quantitative estimate of drug-likeness (QED) is 0.500. The molecule has 0 unspecified atom stereocenters. The second-order valence-electron chi connectivity index (χ2n) is 7.79. The molecule has 3 heterocycles. The summed E-state index contributed by atoms with van der Waals surface area (Å²) in [7, 11) is 0. The molecule has 2 aliphatic rings. The molecule has 0 saturated carbocycles. The van der Waals surface area contributed by atoms with E-state index in [4.69, 9.17) is 0 Å². The van der Waals surface area contributed by atoms with E-state index in [1.54, 1.807) is 0 Å². The molecule has 162 valence electrons. The summed E-state index contributed by atoms with van der Waals surface area (Å²) in [6.07, 6.45) is 2.87. The van der Waals surface area contributed by atoms with E-state index >= 15 is 0 Å². The summed E-state index contributed by atoms with van der Waals surface area (Å²) in [5.41, 5.74) is -0.152. The fraction of sp³-hybridized carbons (Fsp3) is 0.400. The second-order valence-corrected chi connectivity index (χ2v) is 7.79. The van der Waals surface area contributed by atoms with Gasteiger partial charge >= 0.3 is 0 Å². The Balaban J connectivity index is 1.62. The summed E-state index contributed by atoms with van der Waals surface area (Å²) in [5, 5.41) is 16.0. The second kappa shape index (κ2) is 8.17. The number of amides is 2. The van der Waals surface area contributed by atoms with E-state index in [-0.39, 0.29) is 29.5 Å². The van der Waals surface area contributed by atoms with Crippen molar-refractivity contribution < 1.29 is 14.5 Å². The number of carbonyl (C=O) groups is 2. The molecule has 2 aromatic rings. The molecule has 31 heavy (non-hydrogen) atoms. The monoisotopic (exact) mass is 426 g/mol. The molecule has 0 aliphatic carbocycles. The van der Waals surface area contributed by atoms with E-state index in [9.17, 15) is 24.5 Å². The van der Waals surface area contributed by atoms with E-state index in [0.717, 1.165) is 25.8 Å². The van der Waals surface area contributed by atoms with Crippen molar-refractivity contribution in [1.29, 1.82) is 0 Å². The van der Waals surface area contributed by atoms with Crippen LogP contribution in [0.2, 0.25) is 0 Å². The van der Waals surface area contributed by atoms with Crippen molar-refractivity contribution in [2.24, 2.45) is 0 Å². The fourth-order valence-corrected chi connectivity index (χ4v) is 4.03. The molecule has 2 atom stereocenters. The number of aromatic nitrogens is 2. The maximum absolute atomic E-state index is 12.9. The molecule has 0 spiro atoms. The van der Waals surface area contributed by atoms with Gasteiger partial charge in [0.1, 0.15) is 5.82 Å². The first-order valence-corrected chi connectivity index (χ1v) is 10.1. The number of anilines is 3. The average molecular weight is 426 g/mol. The number of hydrogen-bond acceptors (Lipinski definition) is 7. The van der Waals surface area contributed by atoms with Gasteiger partial charge in [0.25, 0.3) is 11.2 Å². The molecule has 1 fully saturated rings. The van der Waals surface area contributed by atoms with Crippen molar-refractivity contribution in [3.63, 3.8) is 0 Å². The Bertz CT molecular complexity index is 1100. The van der Waals surface area contributed by atoms with E-state index in [2.05, 4.69) is 27.5 Å². The van der Waals surface area contributed by atoms with Crippen molar-refractivity contribution in [3.8, 4) is 0 Å². The van der Waals surface area contributed by atoms with Crippen LogP contribution in [-0.4, -0.2) is 39.3 Å². The van der Waals surface area contributed by atoms with E-state index < -0.39 is 28.2 Å². The molecule has 1 aromatic carbocycles. The molecule has 1 aromatic heterocycles. The zero-order valence-corrected chi connectivity index (χ0v) is 16.9. The molecule has 11 nitrogen and oxygen atoms in total. The van der Waals surface area contributed by atoms with Gasteiger partial charge in [-0.25, -0.2) is 0 Å². The number of aromatic amines is 1. The van der Waals surface area contributed by atoms with Gasteiger partial charge in [-0.05, 0) is 38.3 Å². The molecular weight excluding hydrogens is 404 g/mol. The molecule has 1 saturated heterocycles. The predicted molar refractivity (Wildman–Crippen MR) is 113 cm³/mol. The Hall–Kier alpha value is -3.76. The minimum Gasteiger partial charge on any atom is -0.340 e. The third-order valence-corrected chi connectivity index (χ3v) is 5.68. The maximum Gasteiger partial charge on any atom is 0.269 e. The van der Waals surface area contributed by atoms with Crippen molar-refractivity contribution in [1.82, 2.24) is 9.97 Å². The molecule has 4 rings (SSSR count). The van der Waals surface area contributed by atoms with Crippen LogP contribution in [0.15, 0.2) is 29.1 Å². The maximum atomic E-state index is 12.9. The van der Waals surface area contributed by atoms with E-state index in [1.807, 2.05) is 4.90 Å². The minimum atomic E-state index is -1.02. The zero-order valence-electron chi connectivity index (χ0n) is 16.9. The Labute approximate surface area is 177 Å². The summed E-state index contributed by atoms with van der Waals surface area (Å²) in [4.78, 5) is 57.5. The number of fused-ring (bicyclic) bond motifs is 1. The van der Waals surface area contributed by atoms with Crippen molar-refractivity contribution in [2.45, 2.75) is 44.6 Å². The van der Waals surface area contributed by atoms with Crippen LogP contribution in [0.1, 0.15) is 44.1 Å². The lowest BCUT2D eigenvalue weighted by atomic mass is 9.92. The number of piperidine rings is 1. The van der Waals surface area contributed by atoms with Gasteiger partial charge in [0.2, 0.25) is 17.8 Å². The highest BCUT2D eigenvalue weighted by Gasteiger charge is 2.35. The fourth-order valence-electron chi connectivity index (χ4n) is 4.03. The molecule has 2 aliphatic heterocycles. The van der Waals surface area contributed by atoms with Gasteiger partial charge in [-0.3, -0.25) is 29.5 Å². The Kier molecular flexibility index (Phi) is 5.40. The Morgan fingerprint density at radius 1 is 1.26 bits per heavy atom. The topological polar surface area (TPSA) is 150 Å². The number of carbonyl (C=O) groups excluding carboxylic acids is 2. The number of nitrogens with one attached hydrogen (secondary N) is 3. The summed E-state index contributed by atoms with van der Waals surface area (Å²) >= 11 is 0. The lowest BCUT2D eigenvalue weighted by molar-refractivity contribution is -0.384. The number of nitro groups is 1. The van der Waals surface area contributed by atoms with Gasteiger partial charge in [-0.1, -0.05) is 0 Å². The summed E-state index contributed by atoms with van der Waals surface area (Å²) in [6.45, 7) is 2.80. The van der Waals surface area contributed by atoms with Crippen molar-refractivity contribution in [2.75, 3.05) is 22.1 Å². The molecule has 2 amide bonds. The highest BCUT2D eigenvalue weighted by molar-refractivity contribution is 6.04. The van der Waals surface area contributed by atoms with Gasteiger partial charge < -0.3 is 15.5 Å². The normalized spacial score (nSPS) is 20.5. The van der Waals surface area contributed by atoms with E-state index in [0.29, 0.717) is 11.6 Å². The van der Waals surface area contributed by atoms with Crippen LogP contribution in [0, 0.1) is 10.1 Å². The predicted octanol–water partition coefficient (Wildman–Crippen LogP) is 2.12. The molecule has 11 heteroatoms. The highest BCUT2D eigenvalue weighted by Crippen LogP contribution is 2.31. The number of rotatable bonds is 4. The van der Waals surface area contributed by atoms with Crippen LogP contribution < -0.4 is 21.1 Å². The number of benzene rings is 1. The molecule has 3 N–H and O–H groups in total. The van der Waals surface area contributed by atoms with Gasteiger partial charge in [-0.15, -0.1) is 0 Å². The molecule has 0 bridgehead atoms. The van der Waals surface area contributed by atoms with Gasteiger partial charge in [0, 0.05) is 36.8 Å². The minimum absolute atomic E-state index is 0.0941. The lowest BCUT2D eigenvalue weighted by Crippen LogP contribution is -2.41. The SMILES string of the molecule is C[C@H]1CCCCN1c1nc2c(c(=O)[nH]1)[C@H](C(=O)Nc1ccc([N+](=O)[O-])cc1)CC(=O)N2. The third-order valence-electron chi connectivity index (χ3n) is 5.68. The van der Waals surface area contributed by atoms with Gasteiger partial charge in [-0.2, -0.15) is 4.98 Å². The Morgan fingerprint density at radius 3 is 2.68 bits per heavy atom. The third kappa shape index (κ3) is 4.11. The zero-order chi connectivity index (χ0) is 22.1. The van der Waals surface area contributed by atoms with Crippen LogP contribution in [0.5, 0.6) is 0 Å². The standard InChI is InChI=1S/C20H22N6O5/c1-11-4-2-3-9-25(11)20-23-17-16(19(29)24-20)14(10-15(27)22-17)18(28)21-12-5-7-13(8-6-12)26(30)31/h5-8,11,14H,2-4,9-10H2,1H3,(H,21,28)(H2,22,23,24,27,29)/t11-,14+/m0/s1. The van der Waals surface area contributed by atoms with Crippen LogP contribution >= 0.6 is 0 Å². The number of nitrogens with zero attached hydrogens (tertiary/aromatic N) is 3.